The summed E-state index contributed by atoms with van der Waals surface area (Å²) in [6, 6.07) is 13.3. The van der Waals surface area contributed by atoms with Crippen LogP contribution in [-0.4, -0.2) is 49.1 Å². The van der Waals surface area contributed by atoms with Crippen LogP contribution in [0.25, 0.3) is 5.70 Å². The molecule has 2 aromatic carbocycles. The summed E-state index contributed by atoms with van der Waals surface area (Å²) in [7, 11) is 1.64. The van der Waals surface area contributed by atoms with Gasteiger partial charge in [0.15, 0.2) is 0 Å². The van der Waals surface area contributed by atoms with Gasteiger partial charge in [-0.15, -0.1) is 0 Å². The van der Waals surface area contributed by atoms with E-state index in [1.807, 2.05) is 31.2 Å². The molecule has 3 aromatic rings. The van der Waals surface area contributed by atoms with Crippen LogP contribution in [-0.2, 0) is 12.0 Å². The second-order valence-electron chi connectivity index (χ2n) is 11.9. The first-order valence-corrected chi connectivity index (χ1v) is 14.5. The van der Waals surface area contributed by atoms with Crippen LogP contribution in [0.3, 0.4) is 0 Å². The summed E-state index contributed by atoms with van der Waals surface area (Å²) in [6.07, 6.45) is 7.55. The highest BCUT2D eigenvalue weighted by Gasteiger charge is 2.22. The van der Waals surface area contributed by atoms with E-state index in [1.54, 1.807) is 37.8 Å². The third-order valence-electron chi connectivity index (χ3n) is 7.63. The van der Waals surface area contributed by atoms with Gasteiger partial charge in [-0.1, -0.05) is 32.9 Å². The van der Waals surface area contributed by atoms with Gasteiger partial charge >= 0.3 is 0 Å². The zero-order valence-corrected chi connectivity index (χ0v) is 25.5. The van der Waals surface area contributed by atoms with E-state index in [0.717, 1.165) is 35.3 Å². The highest BCUT2D eigenvalue weighted by molar-refractivity contribution is 6.06. The lowest BCUT2D eigenvalue weighted by Gasteiger charge is -2.24. The number of anilines is 2. The number of benzene rings is 2. The van der Waals surface area contributed by atoms with Crippen molar-refractivity contribution in [3.8, 4) is 5.75 Å². The van der Waals surface area contributed by atoms with Crippen molar-refractivity contribution in [2.24, 2.45) is 11.6 Å². The van der Waals surface area contributed by atoms with Gasteiger partial charge in [0, 0.05) is 54.9 Å². The first-order valence-electron chi connectivity index (χ1n) is 14.5. The van der Waals surface area contributed by atoms with Crippen LogP contribution in [0.15, 0.2) is 61.1 Å². The molecule has 9 heteroatoms. The van der Waals surface area contributed by atoms with E-state index in [-0.39, 0.29) is 11.3 Å². The first-order chi connectivity index (χ1) is 20.1. The molecule has 0 saturated carbocycles. The number of carbonyl (C=O) groups is 1. The highest BCUT2D eigenvalue weighted by Crippen LogP contribution is 2.36. The predicted molar refractivity (Wildman–Crippen MR) is 171 cm³/mol. The van der Waals surface area contributed by atoms with Crippen molar-refractivity contribution in [2.45, 2.75) is 52.5 Å². The standard InChI is InChI=1S/C33H45N7O2/c1-23-10-11-24(18-30(23)40(35)22-28(34)25-9-8-12-36-20-25)32(41)38-29-19-27(33(2,3)4)17-26(31(29)42-5)21-37-13-16-39-14-6-7-15-39/h8-12,17-20,22,37H,6-7,13-16,21,34-35H2,1-5H3,(H,38,41)/b28-22-. The Bertz CT molecular complexity index is 1390. The Kier molecular flexibility index (Phi) is 10.2. The fraction of sp³-hybridized carbons (Fsp3) is 0.394. The van der Waals surface area contributed by atoms with Crippen LogP contribution >= 0.6 is 0 Å². The Labute approximate surface area is 249 Å². The monoisotopic (exact) mass is 571 g/mol. The second-order valence-corrected chi connectivity index (χ2v) is 11.9. The van der Waals surface area contributed by atoms with Gasteiger partial charge in [-0.25, -0.2) is 5.84 Å². The number of aromatic nitrogens is 1. The van der Waals surface area contributed by atoms with Gasteiger partial charge < -0.3 is 26.0 Å². The molecule has 1 saturated heterocycles. The maximum atomic E-state index is 13.6. The third-order valence-corrected chi connectivity index (χ3v) is 7.63. The zero-order valence-electron chi connectivity index (χ0n) is 25.5. The average molecular weight is 572 g/mol. The average Bonchev–Trinajstić information content (AvgIpc) is 3.49. The van der Waals surface area contributed by atoms with E-state index in [1.165, 1.54) is 30.9 Å². The Morgan fingerprint density at radius 3 is 2.57 bits per heavy atom. The Morgan fingerprint density at radius 1 is 1.14 bits per heavy atom. The number of hydrazine groups is 1. The van der Waals surface area contributed by atoms with Crippen molar-refractivity contribution in [1.82, 2.24) is 15.2 Å². The molecular formula is C33H45N7O2. The fourth-order valence-electron chi connectivity index (χ4n) is 5.10. The summed E-state index contributed by atoms with van der Waals surface area (Å²) in [5.74, 6) is 6.78. The molecule has 9 nitrogen and oxygen atoms in total. The lowest BCUT2D eigenvalue weighted by Crippen LogP contribution is -2.30. The molecule has 0 spiro atoms. The lowest BCUT2D eigenvalue weighted by molar-refractivity contribution is 0.102. The minimum absolute atomic E-state index is 0.117. The molecule has 1 aliphatic rings. The Morgan fingerprint density at radius 2 is 1.90 bits per heavy atom. The zero-order chi connectivity index (χ0) is 30.3. The number of ether oxygens (including phenoxy) is 1. The Balaban J connectivity index is 1.56. The molecule has 4 rings (SSSR count). The van der Waals surface area contributed by atoms with Gasteiger partial charge in [-0.05, 0) is 79.7 Å². The first kappa shape index (κ1) is 31.0. The summed E-state index contributed by atoms with van der Waals surface area (Å²) >= 11 is 0. The number of nitrogens with two attached hydrogens (primary N) is 2. The van der Waals surface area contributed by atoms with Crippen LogP contribution < -0.4 is 32.0 Å². The van der Waals surface area contributed by atoms with Crippen LogP contribution in [0.5, 0.6) is 5.75 Å². The molecule has 224 valence electrons. The number of methoxy groups -OCH3 is 1. The molecular weight excluding hydrogens is 526 g/mol. The third kappa shape index (κ3) is 7.88. The summed E-state index contributed by atoms with van der Waals surface area (Å²) in [5.41, 5.74) is 12.1. The van der Waals surface area contributed by atoms with Crippen molar-refractivity contribution in [2.75, 3.05) is 43.6 Å². The van der Waals surface area contributed by atoms with Crippen LogP contribution in [0.1, 0.15) is 66.2 Å². The number of hydrogen-bond donors (Lipinski definition) is 4. The number of carbonyl (C=O) groups excluding carboxylic acids is 1. The van der Waals surface area contributed by atoms with Crippen molar-refractivity contribution < 1.29 is 9.53 Å². The largest absolute Gasteiger partial charge is 0.494 e. The number of nitrogens with zero attached hydrogens (tertiary/aromatic N) is 3. The van der Waals surface area contributed by atoms with E-state index in [9.17, 15) is 4.79 Å². The summed E-state index contributed by atoms with van der Waals surface area (Å²) in [4.78, 5) is 20.2. The number of pyridine rings is 1. The Hall–Kier alpha value is -3.92. The molecule has 0 bridgehead atoms. The molecule has 6 N–H and O–H groups in total. The van der Waals surface area contributed by atoms with Gasteiger partial charge in [-0.3, -0.25) is 14.8 Å². The van der Waals surface area contributed by atoms with Crippen molar-refractivity contribution >= 4 is 23.0 Å². The maximum Gasteiger partial charge on any atom is 0.255 e. The van der Waals surface area contributed by atoms with E-state index in [2.05, 4.69) is 47.4 Å². The number of likely N-dealkylation sites (tertiary alicyclic amines) is 1. The summed E-state index contributed by atoms with van der Waals surface area (Å²) in [5, 5.41) is 8.12. The summed E-state index contributed by atoms with van der Waals surface area (Å²) in [6.45, 7) is 13.4. The van der Waals surface area contributed by atoms with Crippen LogP contribution in [0.4, 0.5) is 11.4 Å². The van der Waals surface area contributed by atoms with Gasteiger partial charge in [-0.2, -0.15) is 0 Å². The van der Waals surface area contributed by atoms with E-state index in [4.69, 9.17) is 16.3 Å². The number of rotatable bonds is 11. The second kappa shape index (κ2) is 13.8. The molecule has 0 radical (unpaired) electrons. The van der Waals surface area contributed by atoms with Crippen molar-refractivity contribution in [1.29, 1.82) is 0 Å². The molecule has 1 aliphatic heterocycles. The maximum absolute atomic E-state index is 13.6. The number of hydrogen-bond acceptors (Lipinski definition) is 8. The normalized spacial score (nSPS) is 14.2. The number of aryl methyl sites for hydroxylation is 1. The number of amides is 1. The highest BCUT2D eigenvalue weighted by atomic mass is 16.5. The van der Waals surface area contributed by atoms with Crippen molar-refractivity contribution in [3.63, 3.8) is 0 Å². The van der Waals surface area contributed by atoms with Crippen LogP contribution in [0, 0.1) is 6.92 Å². The van der Waals surface area contributed by atoms with Crippen LogP contribution in [0.2, 0.25) is 0 Å². The molecule has 0 atom stereocenters. The SMILES string of the molecule is COc1c(CNCCN2CCCC2)cc(C(C)(C)C)cc1NC(=O)c1ccc(C)c(N(N)/C=C(\N)c2cccnc2)c1. The topological polar surface area (TPSA) is 122 Å². The minimum atomic E-state index is -0.258. The molecule has 42 heavy (non-hydrogen) atoms. The van der Waals surface area contributed by atoms with Gasteiger partial charge in [0.25, 0.3) is 5.91 Å². The van der Waals surface area contributed by atoms with E-state index in [0.29, 0.717) is 34.9 Å². The molecule has 0 unspecified atom stereocenters. The molecule has 1 fully saturated rings. The molecule has 0 aliphatic carbocycles. The van der Waals surface area contributed by atoms with Gasteiger partial charge in [0.05, 0.1) is 24.2 Å². The number of nitrogens with one attached hydrogen (secondary N) is 2. The predicted octanol–water partition coefficient (Wildman–Crippen LogP) is 4.77. The smallest absolute Gasteiger partial charge is 0.255 e. The molecule has 2 heterocycles. The van der Waals surface area contributed by atoms with E-state index >= 15 is 0 Å². The molecule has 1 amide bonds. The molecule has 1 aromatic heterocycles. The van der Waals surface area contributed by atoms with Gasteiger partial charge in [0.1, 0.15) is 5.75 Å². The quantitative estimate of drug-likeness (QED) is 0.148. The lowest BCUT2D eigenvalue weighted by atomic mass is 9.85. The van der Waals surface area contributed by atoms with Gasteiger partial charge in [0.2, 0.25) is 0 Å². The fourth-order valence-corrected chi connectivity index (χ4v) is 5.10. The minimum Gasteiger partial charge on any atom is -0.494 e. The van der Waals surface area contributed by atoms with E-state index < -0.39 is 0 Å². The van der Waals surface area contributed by atoms with Crippen molar-refractivity contribution in [3.05, 3.63) is 88.9 Å². The summed E-state index contributed by atoms with van der Waals surface area (Å²) < 4.78 is 5.86.